The Morgan fingerprint density at radius 1 is 1.00 bits per heavy atom. The maximum Gasteiger partial charge on any atom is 0.237 e. The lowest BCUT2D eigenvalue weighted by Crippen LogP contribution is -2.18. The van der Waals surface area contributed by atoms with Crippen LogP contribution >= 0.6 is 0 Å². The topological polar surface area (TPSA) is 88.0 Å². The second kappa shape index (κ2) is 12.0. The second-order valence-electron chi connectivity index (χ2n) is 7.57. The van der Waals surface area contributed by atoms with E-state index in [1.54, 1.807) is 17.9 Å². The van der Waals surface area contributed by atoms with Gasteiger partial charge in [-0.25, -0.2) is 9.97 Å². The highest BCUT2D eigenvalue weighted by Crippen LogP contribution is 2.24. The summed E-state index contributed by atoms with van der Waals surface area (Å²) in [5, 5.41) is 2.32. The van der Waals surface area contributed by atoms with Crippen molar-refractivity contribution in [2.75, 3.05) is 13.7 Å². The first kappa shape index (κ1) is 25.1. The highest BCUT2D eigenvalue weighted by Gasteiger charge is 2.09. The molecule has 4 aromatic rings. The quantitative estimate of drug-likeness (QED) is 0.475. The van der Waals surface area contributed by atoms with Crippen molar-refractivity contribution in [1.29, 1.82) is 0 Å². The van der Waals surface area contributed by atoms with Crippen molar-refractivity contribution in [3.05, 3.63) is 60.2 Å². The summed E-state index contributed by atoms with van der Waals surface area (Å²) in [7, 11) is 1.72. The van der Waals surface area contributed by atoms with Crippen LogP contribution < -0.4 is 5.73 Å². The molecule has 7 nitrogen and oxygen atoms in total. The monoisotopic (exact) mass is 437 g/mol. The summed E-state index contributed by atoms with van der Waals surface area (Å²) in [6.07, 6.45) is 7.54. The summed E-state index contributed by atoms with van der Waals surface area (Å²) in [5.74, 6) is 0.176. The Balaban J connectivity index is 0.000000212. The Labute approximate surface area is 190 Å². The SMILES string of the molecule is CC.COCCn1ccc2c(C(C)C)ccnc21.Cc1ccnc2c1ccn2CC(N)=O. The molecule has 172 valence electrons. The number of hydrogen-bond acceptors (Lipinski definition) is 4. The summed E-state index contributed by atoms with van der Waals surface area (Å²) in [4.78, 5) is 19.4. The van der Waals surface area contributed by atoms with Crippen LogP contribution in [0, 0.1) is 6.92 Å². The van der Waals surface area contributed by atoms with Crippen LogP contribution in [0.15, 0.2) is 49.1 Å². The second-order valence-corrected chi connectivity index (χ2v) is 7.57. The van der Waals surface area contributed by atoms with Gasteiger partial charge in [0.25, 0.3) is 0 Å². The Kier molecular flexibility index (Phi) is 9.40. The predicted octanol–water partition coefficient (Wildman–Crippen LogP) is 4.66. The van der Waals surface area contributed by atoms with Gasteiger partial charge < -0.3 is 19.6 Å². The van der Waals surface area contributed by atoms with Crippen LogP contribution in [0.25, 0.3) is 22.1 Å². The molecule has 4 heterocycles. The smallest absolute Gasteiger partial charge is 0.237 e. The molecule has 4 aromatic heterocycles. The molecule has 0 aliphatic heterocycles. The van der Waals surface area contributed by atoms with E-state index in [1.165, 1.54) is 10.9 Å². The number of methoxy groups -OCH3 is 1. The lowest BCUT2D eigenvalue weighted by atomic mass is 10.0. The number of amides is 1. The molecule has 0 saturated carbocycles. The van der Waals surface area contributed by atoms with Gasteiger partial charge in [-0.15, -0.1) is 0 Å². The third-order valence-electron chi connectivity index (χ3n) is 5.06. The van der Waals surface area contributed by atoms with E-state index in [0.29, 0.717) is 5.92 Å². The maximum absolute atomic E-state index is 10.8. The van der Waals surface area contributed by atoms with Gasteiger partial charge in [-0.05, 0) is 48.2 Å². The van der Waals surface area contributed by atoms with Gasteiger partial charge in [-0.2, -0.15) is 0 Å². The zero-order valence-corrected chi connectivity index (χ0v) is 20.0. The number of carbonyl (C=O) groups excluding carboxylic acids is 1. The molecule has 0 spiro atoms. The fourth-order valence-electron chi connectivity index (χ4n) is 3.51. The summed E-state index contributed by atoms with van der Waals surface area (Å²) >= 11 is 0. The summed E-state index contributed by atoms with van der Waals surface area (Å²) in [6.45, 7) is 12.2. The molecule has 0 radical (unpaired) electrons. The lowest BCUT2D eigenvalue weighted by Gasteiger charge is -2.08. The van der Waals surface area contributed by atoms with E-state index < -0.39 is 0 Å². The maximum atomic E-state index is 10.8. The number of ether oxygens (including phenoxy) is 1. The number of aryl methyl sites for hydroxylation is 1. The van der Waals surface area contributed by atoms with E-state index in [1.807, 2.05) is 45.3 Å². The Morgan fingerprint density at radius 2 is 1.59 bits per heavy atom. The third kappa shape index (κ3) is 5.95. The van der Waals surface area contributed by atoms with Crippen molar-refractivity contribution >= 4 is 28.0 Å². The van der Waals surface area contributed by atoms with Crippen LogP contribution in [-0.4, -0.2) is 38.7 Å². The van der Waals surface area contributed by atoms with Crippen molar-refractivity contribution in [1.82, 2.24) is 19.1 Å². The van der Waals surface area contributed by atoms with Gasteiger partial charge in [0.15, 0.2) is 0 Å². The first-order valence-corrected chi connectivity index (χ1v) is 11.0. The number of hydrogen-bond donors (Lipinski definition) is 1. The molecule has 0 unspecified atom stereocenters. The van der Waals surface area contributed by atoms with Crippen molar-refractivity contribution < 1.29 is 9.53 Å². The number of primary amides is 1. The number of rotatable bonds is 6. The van der Waals surface area contributed by atoms with Crippen LogP contribution in [0.1, 0.15) is 44.7 Å². The Bertz CT molecular complexity index is 1140. The molecule has 0 bridgehead atoms. The predicted molar refractivity (Wildman–Crippen MR) is 131 cm³/mol. The highest BCUT2D eigenvalue weighted by atomic mass is 16.5. The van der Waals surface area contributed by atoms with Crippen LogP contribution in [0.2, 0.25) is 0 Å². The van der Waals surface area contributed by atoms with Crippen LogP contribution in [0.4, 0.5) is 0 Å². The normalized spacial score (nSPS) is 10.6. The van der Waals surface area contributed by atoms with Crippen molar-refractivity contribution in [2.24, 2.45) is 5.73 Å². The third-order valence-corrected chi connectivity index (χ3v) is 5.06. The molecule has 0 aliphatic rings. The number of nitrogens with zero attached hydrogens (tertiary/aromatic N) is 4. The van der Waals surface area contributed by atoms with Gasteiger partial charge in [-0.3, -0.25) is 4.79 Å². The van der Waals surface area contributed by atoms with E-state index in [2.05, 4.69) is 46.7 Å². The zero-order valence-electron chi connectivity index (χ0n) is 20.0. The number of pyridine rings is 2. The molecule has 0 fully saturated rings. The van der Waals surface area contributed by atoms with Crippen LogP contribution in [0.5, 0.6) is 0 Å². The van der Waals surface area contributed by atoms with Gasteiger partial charge in [0.2, 0.25) is 5.91 Å². The number of fused-ring (bicyclic) bond motifs is 2. The molecule has 1 amide bonds. The highest BCUT2D eigenvalue weighted by molar-refractivity contribution is 5.82. The van der Waals surface area contributed by atoms with Gasteiger partial charge in [0, 0.05) is 49.2 Å². The molecule has 7 heteroatoms. The minimum atomic E-state index is -0.356. The first-order valence-electron chi connectivity index (χ1n) is 11.0. The van der Waals surface area contributed by atoms with Crippen LogP contribution in [-0.2, 0) is 22.6 Å². The van der Waals surface area contributed by atoms with E-state index in [-0.39, 0.29) is 12.5 Å². The number of carbonyl (C=O) groups is 1. The summed E-state index contributed by atoms with van der Waals surface area (Å²) in [5.41, 5.74) is 9.51. The van der Waals surface area contributed by atoms with Gasteiger partial charge in [-0.1, -0.05) is 27.7 Å². The lowest BCUT2D eigenvalue weighted by molar-refractivity contribution is -0.118. The molecular weight excluding hydrogens is 402 g/mol. The van der Waals surface area contributed by atoms with Gasteiger partial charge in [0.1, 0.15) is 17.8 Å². The molecular formula is C25H35N5O2. The first-order chi connectivity index (χ1) is 15.4. The number of aromatic nitrogens is 4. The van der Waals surface area contributed by atoms with E-state index in [4.69, 9.17) is 10.5 Å². The van der Waals surface area contributed by atoms with Crippen molar-refractivity contribution in [3.63, 3.8) is 0 Å². The molecule has 0 aromatic carbocycles. The fourth-order valence-corrected chi connectivity index (χ4v) is 3.51. The minimum Gasteiger partial charge on any atom is -0.383 e. The molecule has 4 rings (SSSR count). The largest absolute Gasteiger partial charge is 0.383 e. The minimum absolute atomic E-state index is 0.181. The Hall–Kier alpha value is -3.19. The molecule has 0 atom stereocenters. The standard InChI is InChI=1S/C13H18N2O.C10H11N3O.C2H6/c1-10(2)11-4-6-14-13-12(11)5-7-15(13)8-9-16-3;1-7-2-4-12-10-8(7)3-5-13(10)6-9(11)14;1-2/h4-7,10H,8-9H2,1-3H3;2-5H,6H2,1H3,(H2,11,14);1-2H3. The van der Waals surface area contributed by atoms with Crippen molar-refractivity contribution in [3.8, 4) is 0 Å². The summed E-state index contributed by atoms with van der Waals surface area (Å²) in [6, 6.07) is 8.14. The average molecular weight is 438 g/mol. The van der Waals surface area contributed by atoms with Crippen LogP contribution in [0.3, 0.4) is 0 Å². The van der Waals surface area contributed by atoms with E-state index >= 15 is 0 Å². The van der Waals surface area contributed by atoms with Gasteiger partial charge >= 0.3 is 0 Å². The molecule has 2 N–H and O–H groups in total. The Morgan fingerprint density at radius 3 is 2.22 bits per heavy atom. The van der Waals surface area contributed by atoms with Crippen molar-refractivity contribution in [2.45, 2.75) is 53.6 Å². The van der Waals surface area contributed by atoms with E-state index in [0.717, 1.165) is 35.4 Å². The van der Waals surface area contributed by atoms with Gasteiger partial charge in [0.05, 0.1) is 6.61 Å². The average Bonchev–Trinajstić information content (AvgIpc) is 3.38. The zero-order chi connectivity index (χ0) is 23.7. The molecule has 0 aliphatic carbocycles. The molecule has 0 saturated heterocycles. The molecule has 32 heavy (non-hydrogen) atoms. The number of nitrogens with two attached hydrogens (primary N) is 1. The summed E-state index contributed by atoms with van der Waals surface area (Å²) < 4.78 is 8.99. The van der Waals surface area contributed by atoms with E-state index in [9.17, 15) is 4.79 Å². The fraction of sp³-hybridized carbons (Fsp3) is 0.400.